The number of rotatable bonds is 10. The summed E-state index contributed by atoms with van der Waals surface area (Å²) in [5.74, 6) is -3.53. The predicted octanol–water partition coefficient (Wildman–Crippen LogP) is 5.64. The zero-order chi connectivity index (χ0) is 26.2. The molecule has 1 aliphatic heterocycles. The molecule has 4 rings (SSSR count). The van der Waals surface area contributed by atoms with Crippen LogP contribution in [0.4, 0.5) is 8.78 Å². The molecule has 2 aliphatic rings. The smallest absolute Gasteiger partial charge is 0.343 e. The lowest BCUT2D eigenvalue weighted by Crippen LogP contribution is -2.33. The average molecular weight is 506 g/mol. The van der Waals surface area contributed by atoms with Crippen LogP contribution in [0.5, 0.6) is 11.5 Å². The van der Waals surface area contributed by atoms with Crippen LogP contribution in [0, 0.1) is 5.92 Å². The number of hydrogen-bond donors (Lipinski definition) is 0. The third-order valence-corrected chi connectivity index (χ3v) is 6.40. The lowest BCUT2D eigenvalue weighted by Gasteiger charge is -2.34. The average Bonchev–Trinajstić information content (AvgIpc) is 3.65. The van der Waals surface area contributed by atoms with Crippen LogP contribution < -0.4 is 15.0 Å². The molecule has 9 heteroatoms. The van der Waals surface area contributed by atoms with Crippen LogP contribution in [0.15, 0.2) is 23.0 Å². The first kappa shape index (κ1) is 26.1. The number of hydrogen-bond acceptors (Lipinski definition) is 6. The Balaban J connectivity index is 1.95. The minimum absolute atomic E-state index is 0.0320. The predicted molar refractivity (Wildman–Crippen MR) is 130 cm³/mol. The summed E-state index contributed by atoms with van der Waals surface area (Å²) in [5.41, 5.74) is 0.690. The molecule has 1 unspecified atom stereocenters. The molecule has 7 nitrogen and oxygen atoms in total. The van der Waals surface area contributed by atoms with E-state index < -0.39 is 23.6 Å². The van der Waals surface area contributed by atoms with Crippen molar-refractivity contribution in [1.82, 2.24) is 4.57 Å². The van der Waals surface area contributed by atoms with Crippen molar-refractivity contribution >= 4 is 5.97 Å². The second-order valence-corrected chi connectivity index (χ2v) is 9.70. The van der Waals surface area contributed by atoms with Crippen LogP contribution in [0.3, 0.4) is 0 Å². The summed E-state index contributed by atoms with van der Waals surface area (Å²) in [4.78, 5) is 26.2. The number of halogens is 2. The lowest BCUT2D eigenvalue weighted by molar-refractivity contribution is 0.0141. The minimum atomic E-state index is -3.20. The highest BCUT2D eigenvalue weighted by molar-refractivity contribution is 5.90. The fourth-order valence-electron chi connectivity index (χ4n) is 4.58. The molecule has 0 N–H and O–H groups in total. The van der Waals surface area contributed by atoms with Gasteiger partial charge in [-0.3, -0.25) is 4.79 Å². The van der Waals surface area contributed by atoms with Gasteiger partial charge in [0.15, 0.2) is 0 Å². The third kappa shape index (κ3) is 4.98. The van der Waals surface area contributed by atoms with E-state index in [0.717, 1.165) is 19.8 Å². The molecule has 1 aromatic heterocycles. The fourth-order valence-corrected chi connectivity index (χ4v) is 4.58. The maximum absolute atomic E-state index is 14.8. The Morgan fingerprint density at radius 3 is 2.53 bits per heavy atom. The van der Waals surface area contributed by atoms with Crippen molar-refractivity contribution in [3.05, 3.63) is 45.2 Å². The molecule has 1 saturated carbocycles. The summed E-state index contributed by atoms with van der Waals surface area (Å²) in [5, 5.41) is 0. The maximum Gasteiger partial charge on any atom is 0.343 e. The van der Waals surface area contributed by atoms with Crippen molar-refractivity contribution in [2.45, 2.75) is 65.0 Å². The SMILES string of the molecule is CCOC(=O)c1cc2c(n(C3CC3)c1=O)-c1cc(C(C)(F)F)c(OCCCOC)cc1OC2C(C)C. The Labute approximate surface area is 209 Å². The van der Waals surface area contributed by atoms with Crippen LogP contribution in [0.25, 0.3) is 11.3 Å². The highest BCUT2D eigenvalue weighted by Gasteiger charge is 2.40. The molecule has 0 amide bonds. The van der Waals surface area contributed by atoms with Gasteiger partial charge >= 0.3 is 5.97 Å². The molecule has 1 fully saturated rings. The number of nitrogens with zero attached hydrogens (tertiary/aromatic N) is 1. The number of carbonyl (C=O) groups excluding carboxylic acids is 1. The van der Waals surface area contributed by atoms with Gasteiger partial charge in [0.25, 0.3) is 11.5 Å². The van der Waals surface area contributed by atoms with Gasteiger partial charge in [0, 0.05) is 50.3 Å². The van der Waals surface area contributed by atoms with Gasteiger partial charge in [-0.05, 0) is 37.8 Å². The van der Waals surface area contributed by atoms with Crippen molar-refractivity contribution in [2.24, 2.45) is 5.92 Å². The van der Waals surface area contributed by atoms with Gasteiger partial charge in [-0.1, -0.05) is 13.8 Å². The molecular formula is C27H33F2NO6. The van der Waals surface area contributed by atoms with E-state index in [9.17, 15) is 18.4 Å². The Hall–Kier alpha value is -2.94. The van der Waals surface area contributed by atoms with E-state index in [1.807, 2.05) is 13.8 Å². The molecule has 0 radical (unpaired) electrons. The largest absolute Gasteiger partial charge is 0.493 e. The molecule has 1 atom stereocenters. The Morgan fingerprint density at radius 1 is 1.22 bits per heavy atom. The van der Waals surface area contributed by atoms with Crippen LogP contribution >= 0.6 is 0 Å². The second kappa shape index (κ2) is 10.2. The standard InChI is InChI=1S/C27H33F2NO6/c1-6-34-26(32)19-12-18-23(30(25(19)31)16-8-9-16)17-13-20(27(4,28)29)22(35-11-7-10-33-5)14-21(17)36-24(18)15(2)3/h12-16,24H,6-11H2,1-5H3. The third-order valence-electron chi connectivity index (χ3n) is 6.40. The molecular weight excluding hydrogens is 472 g/mol. The quantitative estimate of drug-likeness (QED) is 0.307. The van der Waals surface area contributed by atoms with Crippen molar-refractivity contribution in [1.29, 1.82) is 0 Å². The van der Waals surface area contributed by atoms with Crippen molar-refractivity contribution in [3.63, 3.8) is 0 Å². The molecule has 0 bridgehead atoms. The number of pyridine rings is 1. The van der Waals surface area contributed by atoms with E-state index in [1.165, 1.54) is 18.2 Å². The Morgan fingerprint density at radius 2 is 1.94 bits per heavy atom. The summed E-state index contributed by atoms with van der Waals surface area (Å²) in [7, 11) is 1.56. The molecule has 1 aromatic carbocycles. The van der Waals surface area contributed by atoms with Crippen molar-refractivity contribution < 1.29 is 32.5 Å². The van der Waals surface area contributed by atoms with Crippen molar-refractivity contribution in [2.75, 3.05) is 26.9 Å². The van der Waals surface area contributed by atoms with Gasteiger partial charge in [-0.15, -0.1) is 0 Å². The van der Waals surface area contributed by atoms with Crippen molar-refractivity contribution in [3.8, 4) is 22.8 Å². The Bertz CT molecular complexity index is 1200. The molecule has 0 saturated heterocycles. The summed E-state index contributed by atoms with van der Waals surface area (Å²) in [6.07, 6.45) is 1.57. The first-order valence-electron chi connectivity index (χ1n) is 12.4. The number of benzene rings is 1. The second-order valence-electron chi connectivity index (χ2n) is 9.70. The Kier molecular flexibility index (Phi) is 7.41. The molecule has 0 spiro atoms. The number of fused-ring (bicyclic) bond motifs is 3. The van der Waals surface area contributed by atoms with Crippen LogP contribution in [0.2, 0.25) is 0 Å². The molecule has 196 valence electrons. The van der Waals surface area contributed by atoms with Gasteiger partial charge < -0.3 is 23.5 Å². The minimum Gasteiger partial charge on any atom is -0.493 e. The molecule has 36 heavy (non-hydrogen) atoms. The fraction of sp³-hybridized carbons (Fsp3) is 0.556. The maximum atomic E-state index is 14.8. The molecule has 2 aromatic rings. The number of methoxy groups -OCH3 is 1. The van der Waals surface area contributed by atoms with E-state index in [2.05, 4.69) is 0 Å². The van der Waals surface area contributed by atoms with Gasteiger partial charge in [-0.2, -0.15) is 0 Å². The normalized spacial score (nSPS) is 16.8. The van der Waals surface area contributed by atoms with Gasteiger partial charge in [0.2, 0.25) is 0 Å². The van der Waals surface area contributed by atoms with E-state index in [0.29, 0.717) is 35.6 Å². The van der Waals surface area contributed by atoms with E-state index in [4.69, 9.17) is 18.9 Å². The highest BCUT2D eigenvalue weighted by atomic mass is 19.3. The van der Waals surface area contributed by atoms with E-state index in [1.54, 1.807) is 18.6 Å². The first-order valence-corrected chi connectivity index (χ1v) is 12.4. The van der Waals surface area contributed by atoms with Gasteiger partial charge in [0.1, 0.15) is 23.2 Å². The van der Waals surface area contributed by atoms with Gasteiger partial charge in [0.05, 0.1) is 24.5 Å². The lowest BCUT2D eigenvalue weighted by atomic mass is 9.88. The number of esters is 1. The van der Waals surface area contributed by atoms with E-state index in [-0.39, 0.29) is 42.0 Å². The van der Waals surface area contributed by atoms with Crippen LogP contribution in [-0.4, -0.2) is 37.5 Å². The number of aromatic nitrogens is 1. The first-order chi connectivity index (χ1) is 17.1. The van der Waals surface area contributed by atoms with Gasteiger partial charge in [-0.25, -0.2) is 13.6 Å². The van der Waals surface area contributed by atoms with Crippen LogP contribution in [0.1, 0.15) is 80.6 Å². The summed E-state index contributed by atoms with van der Waals surface area (Å²) in [6.45, 7) is 7.20. The monoisotopic (exact) mass is 505 g/mol. The topological polar surface area (TPSA) is 76.0 Å². The van der Waals surface area contributed by atoms with E-state index >= 15 is 0 Å². The zero-order valence-corrected chi connectivity index (χ0v) is 21.4. The number of ether oxygens (including phenoxy) is 4. The van der Waals surface area contributed by atoms with Crippen LogP contribution in [-0.2, 0) is 15.4 Å². The number of carbonyl (C=O) groups is 1. The summed E-state index contributed by atoms with van der Waals surface area (Å²) in [6, 6.07) is 4.25. The summed E-state index contributed by atoms with van der Waals surface area (Å²) < 4.78 is 53.3. The molecule has 1 aliphatic carbocycles. The number of alkyl halides is 2. The molecule has 2 heterocycles. The highest BCUT2D eigenvalue weighted by Crippen LogP contribution is 2.51. The zero-order valence-electron chi connectivity index (χ0n) is 21.4. The summed E-state index contributed by atoms with van der Waals surface area (Å²) >= 11 is 0.